The molecule has 0 atom stereocenters. The van der Waals surface area contributed by atoms with E-state index < -0.39 is 0 Å². The Morgan fingerprint density at radius 2 is 2.00 bits per heavy atom. The average Bonchev–Trinajstić information content (AvgIpc) is 2.79. The third kappa shape index (κ3) is 9.15. The third-order valence-electron chi connectivity index (χ3n) is 5.58. The molecular formula is C27H37FN4. The largest absolute Gasteiger partial charge is 0.394 e. The fraction of sp³-hybridized carbons (Fsp3) is 0.407. The van der Waals surface area contributed by atoms with E-state index in [9.17, 15) is 4.39 Å². The standard InChI is InChI=1S/C27H37FN4/c1-21(18-24-12-13-25(28)19-22(24)2)10-11-23(14-16-29-3)27(15-17-30-4)32-20-31-26-8-6-5-7-9-26/h11-19,26,29,31H,4-10,20H2,1-3H3/b16-14-,17-15-,21-18+,23-11-,32-27?. The highest BCUT2D eigenvalue weighted by Crippen LogP contribution is 2.18. The van der Waals surface area contributed by atoms with Crippen molar-refractivity contribution in [2.75, 3.05) is 13.7 Å². The van der Waals surface area contributed by atoms with Crippen LogP contribution in [-0.4, -0.2) is 32.2 Å². The quantitative estimate of drug-likeness (QED) is 0.324. The van der Waals surface area contributed by atoms with Crippen molar-refractivity contribution in [2.45, 2.75) is 58.4 Å². The molecule has 0 unspecified atom stereocenters. The molecule has 0 aromatic heterocycles. The Bertz CT molecular complexity index is 887. The lowest BCUT2D eigenvalue weighted by molar-refractivity contribution is 0.378. The lowest BCUT2D eigenvalue weighted by Gasteiger charge is -2.22. The van der Waals surface area contributed by atoms with Crippen molar-refractivity contribution in [3.63, 3.8) is 0 Å². The number of allylic oxidation sites excluding steroid dienone is 5. The van der Waals surface area contributed by atoms with Gasteiger partial charge in [-0.05, 0) is 87.0 Å². The first-order valence-electron chi connectivity index (χ1n) is 11.4. The van der Waals surface area contributed by atoms with E-state index in [1.54, 1.807) is 12.3 Å². The van der Waals surface area contributed by atoms with Crippen LogP contribution < -0.4 is 10.6 Å². The monoisotopic (exact) mass is 436 g/mol. The van der Waals surface area contributed by atoms with Gasteiger partial charge in [-0.3, -0.25) is 15.3 Å². The van der Waals surface area contributed by atoms with Gasteiger partial charge in [0.05, 0.1) is 12.4 Å². The van der Waals surface area contributed by atoms with Gasteiger partial charge in [0.15, 0.2) is 0 Å². The molecule has 172 valence electrons. The molecule has 5 heteroatoms. The van der Waals surface area contributed by atoms with Crippen LogP contribution in [0.3, 0.4) is 0 Å². The van der Waals surface area contributed by atoms with Crippen LogP contribution in [0.15, 0.2) is 70.0 Å². The molecule has 0 spiro atoms. The number of rotatable bonds is 11. The number of aryl methyl sites for hydroxylation is 1. The smallest absolute Gasteiger partial charge is 0.123 e. The number of nitrogens with one attached hydrogen (secondary N) is 2. The molecule has 1 aromatic carbocycles. The summed E-state index contributed by atoms with van der Waals surface area (Å²) in [4.78, 5) is 8.68. The van der Waals surface area contributed by atoms with Gasteiger partial charge in [0.2, 0.25) is 0 Å². The molecule has 32 heavy (non-hydrogen) atoms. The number of nitrogens with zero attached hydrogens (tertiary/aromatic N) is 2. The minimum Gasteiger partial charge on any atom is -0.394 e. The molecule has 1 aromatic rings. The van der Waals surface area contributed by atoms with Crippen LogP contribution in [0.4, 0.5) is 4.39 Å². The molecule has 4 nitrogen and oxygen atoms in total. The van der Waals surface area contributed by atoms with E-state index >= 15 is 0 Å². The summed E-state index contributed by atoms with van der Waals surface area (Å²) in [7, 11) is 1.87. The van der Waals surface area contributed by atoms with Gasteiger partial charge in [-0.2, -0.15) is 0 Å². The van der Waals surface area contributed by atoms with Gasteiger partial charge in [-0.25, -0.2) is 4.39 Å². The highest BCUT2D eigenvalue weighted by Gasteiger charge is 2.12. The minimum atomic E-state index is -0.206. The van der Waals surface area contributed by atoms with E-state index in [0.29, 0.717) is 12.7 Å². The van der Waals surface area contributed by atoms with Crippen LogP contribution in [0.25, 0.3) is 6.08 Å². The zero-order valence-corrected chi connectivity index (χ0v) is 19.7. The number of halogens is 1. The zero-order chi connectivity index (χ0) is 23.2. The van der Waals surface area contributed by atoms with Crippen molar-refractivity contribution in [3.05, 3.63) is 76.9 Å². The zero-order valence-electron chi connectivity index (χ0n) is 19.7. The molecule has 1 saturated carbocycles. The summed E-state index contributed by atoms with van der Waals surface area (Å²) in [5, 5.41) is 6.63. The second-order valence-electron chi connectivity index (χ2n) is 8.22. The van der Waals surface area contributed by atoms with E-state index in [0.717, 1.165) is 28.8 Å². The van der Waals surface area contributed by atoms with Gasteiger partial charge in [0, 0.05) is 19.3 Å². The van der Waals surface area contributed by atoms with E-state index in [2.05, 4.69) is 41.4 Å². The highest BCUT2D eigenvalue weighted by atomic mass is 19.1. The summed E-state index contributed by atoms with van der Waals surface area (Å²) < 4.78 is 13.4. The SMILES string of the molecule is C=N/C=C\C(=NCNC1CCCCC1)C(/C=C\NC)=C\C/C(C)=C/c1ccc(F)cc1C. The fourth-order valence-electron chi connectivity index (χ4n) is 3.76. The Balaban J connectivity index is 2.19. The maximum absolute atomic E-state index is 13.4. The van der Waals surface area contributed by atoms with Crippen molar-refractivity contribution < 1.29 is 4.39 Å². The summed E-state index contributed by atoms with van der Waals surface area (Å²) in [6.45, 7) is 8.14. The molecule has 0 aliphatic heterocycles. The van der Waals surface area contributed by atoms with Crippen LogP contribution in [0.5, 0.6) is 0 Å². The van der Waals surface area contributed by atoms with Crippen LogP contribution in [0, 0.1) is 12.7 Å². The molecule has 0 bridgehead atoms. The van der Waals surface area contributed by atoms with Crippen molar-refractivity contribution in [3.8, 4) is 0 Å². The molecule has 0 saturated heterocycles. The van der Waals surface area contributed by atoms with Crippen LogP contribution in [0.2, 0.25) is 0 Å². The van der Waals surface area contributed by atoms with E-state index in [1.165, 1.54) is 43.7 Å². The van der Waals surface area contributed by atoms with Gasteiger partial charge in [0.25, 0.3) is 0 Å². The highest BCUT2D eigenvalue weighted by molar-refractivity contribution is 6.10. The normalized spacial score (nSPS) is 16.8. The van der Waals surface area contributed by atoms with E-state index in [4.69, 9.17) is 4.99 Å². The molecule has 1 aliphatic carbocycles. The summed E-state index contributed by atoms with van der Waals surface area (Å²) in [5.74, 6) is -0.206. The molecule has 1 aliphatic rings. The fourth-order valence-corrected chi connectivity index (χ4v) is 3.76. The molecule has 0 heterocycles. The number of hydrogen-bond donors (Lipinski definition) is 2. The number of hydrogen-bond acceptors (Lipinski definition) is 4. The van der Waals surface area contributed by atoms with E-state index in [1.807, 2.05) is 38.4 Å². The van der Waals surface area contributed by atoms with Crippen molar-refractivity contribution in [1.82, 2.24) is 10.6 Å². The third-order valence-corrected chi connectivity index (χ3v) is 5.58. The lowest BCUT2D eigenvalue weighted by atomic mass is 9.96. The van der Waals surface area contributed by atoms with Gasteiger partial charge < -0.3 is 5.32 Å². The van der Waals surface area contributed by atoms with Gasteiger partial charge in [-0.15, -0.1) is 0 Å². The summed E-state index contributed by atoms with van der Waals surface area (Å²) in [5.41, 5.74) is 5.01. The Morgan fingerprint density at radius 3 is 2.69 bits per heavy atom. The van der Waals surface area contributed by atoms with Crippen LogP contribution in [0.1, 0.15) is 56.6 Å². The molecular weight excluding hydrogens is 399 g/mol. The van der Waals surface area contributed by atoms with Gasteiger partial charge >= 0.3 is 0 Å². The minimum absolute atomic E-state index is 0.206. The Hall–Kier alpha value is -2.79. The maximum atomic E-state index is 13.4. The van der Waals surface area contributed by atoms with Gasteiger partial charge in [0.1, 0.15) is 5.82 Å². The molecule has 0 radical (unpaired) electrons. The topological polar surface area (TPSA) is 48.8 Å². The molecule has 0 amide bonds. The maximum Gasteiger partial charge on any atom is 0.123 e. The average molecular weight is 437 g/mol. The van der Waals surface area contributed by atoms with Crippen LogP contribution >= 0.6 is 0 Å². The summed E-state index contributed by atoms with van der Waals surface area (Å²) >= 11 is 0. The van der Waals surface area contributed by atoms with Crippen molar-refractivity contribution in [1.29, 1.82) is 0 Å². The predicted octanol–water partition coefficient (Wildman–Crippen LogP) is 6.12. The second-order valence-corrected chi connectivity index (χ2v) is 8.22. The lowest BCUT2D eigenvalue weighted by Crippen LogP contribution is -2.31. The summed E-state index contributed by atoms with van der Waals surface area (Å²) in [6, 6.07) is 5.44. The van der Waals surface area contributed by atoms with E-state index in [-0.39, 0.29) is 5.82 Å². The summed E-state index contributed by atoms with van der Waals surface area (Å²) in [6.07, 6.45) is 18.9. The Kier molecular flexibility index (Phi) is 11.4. The molecule has 2 N–H and O–H groups in total. The molecule has 2 rings (SSSR count). The first-order chi connectivity index (χ1) is 15.5. The molecule has 1 fully saturated rings. The number of benzene rings is 1. The first-order valence-corrected chi connectivity index (χ1v) is 11.4. The Labute approximate surface area is 192 Å². The second kappa shape index (κ2) is 14.3. The first kappa shape index (κ1) is 25.5. The van der Waals surface area contributed by atoms with Crippen molar-refractivity contribution in [2.24, 2.45) is 9.98 Å². The predicted molar refractivity (Wildman–Crippen MR) is 137 cm³/mol. The van der Waals surface area contributed by atoms with Gasteiger partial charge in [-0.1, -0.05) is 43.1 Å². The van der Waals surface area contributed by atoms with Crippen molar-refractivity contribution >= 4 is 18.5 Å². The Morgan fingerprint density at radius 1 is 1.22 bits per heavy atom. The number of aliphatic imine (C=N–C) groups is 2. The van der Waals surface area contributed by atoms with Crippen LogP contribution in [-0.2, 0) is 0 Å².